The van der Waals surface area contributed by atoms with E-state index in [0.29, 0.717) is 49.8 Å². The fourth-order valence-corrected chi connectivity index (χ4v) is 5.45. The average molecular weight is 611 g/mol. The molecule has 0 aliphatic carbocycles. The number of nitrogens with one attached hydrogen (secondary N) is 3. The van der Waals surface area contributed by atoms with Crippen molar-refractivity contribution in [3.05, 3.63) is 77.1 Å². The van der Waals surface area contributed by atoms with Crippen LogP contribution < -0.4 is 30.5 Å². The zero-order valence-corrected chi connectivity index (χ0v) is 24.8. The molecular formula is C31H36ClFN6O4. The molecule has 2 heterocycles. The number of nitrogens with zero attached hydrogens (tertiary/aromatic N) is 3. The summed E-state index contributed by atoms with van der Waals surface area (Å²) in [5.74, 6) is 0.0360. The second-order valence-corrected chi connectivity index (χ2v) is 10.7. The Morgan fingerprint density at radius 2 is 1.53 bits per heavy atom. The predicted octanol–water partition coefficient (Wildman–Crippen LogP) is 4.52. The number of anilines is 4. The fourth-order valence-electron chi connectivity index (χ4n) is 5.27. The number of methoxy groups -OCH3 is 1. The van der Waals surface area contributed by atoms with Crippen molar-refractivity contribution >= 4 is 46.3 Å². The fraction of sp³-hybridized carbons (Fsp3) is 0.355. The van der Waals surface area contributed by atoms with E-state index in [1.807, 2.05) is 30.3 Å². The van der Waals surface area contributed by atoms with Crippen LogP contribution in [0.1, 0.15) is 10.4 Å². The molecule has 0 bridgehead atoms. The third kappa shape index (κ3) is 7.86. The summed E-state index contributed by atoms with van der Waals surface area (Å²) >= 11 is 5.84. The van der Waals surface area contributed by atoms with Crippen LogP contribution in [0.25, 0.3) is 0 Å². The summed E-state index contributed by atoms with van der Waals surface area (Å²) in [4.78, 5) is 33.0. The van der Waals surface area contributed by atoms with Gasteiger partial charge in [-0.3, -0.25) is 9.69 Å². The van der Waals surface area contributed by atoms with Crippen LogP contribution in [0.2, 0.25) is 5.02 Å². The van der Waals surface area contributed by atoms with Crippen LogP contribution in [0.4, 0.5) is 31.9 Å². The van der Waals surface area contributed by atoms with Crippen molar-refractivity contribution in [1.29, 1.82) is 0 Å². The van der Waals surface area contributed by atoms with Crippen molar-refractivity contribution in [2.75, 3.05) is 93.1 Å². The Labute approximate surface area is 255 Å². The summed E-state index contributed by atoms with van der Waals surface area (Å²) in [6, 6.07) is 16.6. The molecule has 2 fully saturated rings. The molecule has 0 spiro atoms. The van der Waals surface area contributed by atoms with Crippen molar-refractivity contribution < 1.29 is 23.5 Å². The van der Waals surface area contributed by atoms with Crippen LogP contribution in [0.15, 0.2) is 60.7 Å². The van der Waals surface area contributed by atoms with Gasteiger partial charge in [-0.25, -0.2) is 9.18 Å². The van der Waals surface area contributed by atoms with Crippen molar-refractivity contribution in [2.45, 2.75) is 0 Å². The molecular weight excluding hydrogens is 575 g/mol. The van der Waals surface area contributed by atoms with Crippen LogP contribution in [0, 0.1) is 5.82 Å². The molecule has 3 amide bonds. The molecule has 43 heavy (non-hydrogen) atoms. The number of amides is 3. The Hall–Kier alpha value is -4.06. The minimum atomic E-state index is -0.573. The Kier molecular flexibility index (Phi) is 10.2. The summed E-state index contributed by atoms with van der Waals surface area (Å²) < 4.78 is 24.5. The van der Waals surface area contributed by atoms with Crippen LogP contribution in [-0.4, -0.2) is 89.5 Å². The number of carbonyl (C=O) groups excluding carboxylic acids is 2. The third-order valence-electron chi connectivity index (χ3n) is 7.54. The van der Waals surface area contributed by atoms with E-state index in [2.05, 4.69) is 30.7 Å². The van der Waals surface area contributed by atoms with Gasteiger partial charge in [0.15, 0.2) is 0 Å². The third-order valence-corrected chi connectivity index (χ3v) is 7.83. The molecule has 3 aromatic carbocycles. The van der Waals surface area contributed by atoms with E-state index in [1.165, 1.54) is 18.2 Å². The van der Waals surface area contributed by atoms with E-state index in [0.717, 1.165) is 49.8 Å². The lowest BCUT2D eigenvalue weighted by atomic mass is 10.1. The zero-order valence-electron chi connectivity index (χ0n) is 24.1. The summed E-state index contributed by atoms with van der Waals surface area (Å²) in [5, 5.41) is 8.37. The Bertz CT molecular complexity index is 1430. The first-order valence-corrected chi connectivity index (χ1v) is 14.7. The van der Waals surface area contributed by atoms with Crippen LogP contribution in [0.5, 0.6) is 5.75 Å². The molecule has 228 valence electrons. The zero-order chi connectivity index (χ0) is 30.2. The number of morpholine rings is 1. The van der Waals surface area contributed by atoms with Gasteiger partial charge in [-0.1, -0.05) is 23.7 Å². The predicted molar refractivity (Wildman–Crippen MR) is 168 cm³/mol. The first kappa shape index (κ1) is 30.4. The largest absolute Gasteiger partial charge is 0.495 e. The quantitative estimate of drug-likeness (QED) is 0.328. The molecule has 12 heteroatoms. The van der Waals surface area contributed by atoms with E-state index in [1.54, 1.807) is 19.2 Å². The number of hydrogen-bond acceptors (Lipinski definition) is 7. The second kappa shape index (κ2) is 14.4. The lowest BCUT2D eigenvalue weighted by Gasteiger charge is -2.38. The van der Waals surface area contributed by atoms with Crippen molar-refractivity contribution in [1.82, 2.24) is 10.2 Å². The molecule has 0 radical (unpaired) electrons. The Morgan fingerprint density at radius 3 is 2.23 bits per heavy atom. The number of halogens is 2. The highest BCUT2D eigenvalue weighted by molar-refractivity contribution is 6.31. The number of rotatable bonds is 9. The lowest BCUT2D eigenvalue weighted by Crippen LogP contribution is -2.47. The van der Waals surface area contributed by atoms with E-state index in [9.17, 15) is 14.0 Å². The summed E-state index contributed by atoms with van der Waals surface area (Å²) in [6.07, 6.45) is 0. The number of ether oxygens (including phenoxy) is 2. The van der Waals surface area contributed by atoms with Gasteiger partial charge < -0.3 is 35.2 Å². The Morgan fingerprint density at radius 1 is 0.884 bits per heavy atom. The molecule has 2 aliphatic rings. The summed E-state index contributed by atoms with van der Waals surface area (Å²) in [7, 11) is 1.67. The van der Waals surface area contributed by atoms with Crippen LogP contribution in [-0.2, 0) is 4.74 Å². The highest BCUT2D eigenvalue weighted by Gasteiger charge is 2.24. The molecule has 0 saturated carbocycles. The van der Waals surface area contributed by atoms with Gasteiger partial charge in [0, 0.05) is 69.4 Å². The second-order valence-electron chi connectivity index (χ2n) is 10.3. The lowest BCUT2D eigenvalue weighted by molar-refractivity contribution is 0.0383. The first-order valence-electron chi connectivity index (χ1n) is 14.3. The normalized spacial score (nSPS) is 15.6. The molecule has 2 aliphatic heterocycles. The number of urea groups is 1. The molecule has 10 nitrogen and oxygen atoms in total. The molecule has 0 atom stereocenters. The summed E-state index contributed by atoms with van der Waals surface area (Å²) in [5.41, 5.74) is 3.09. The molecule has 5 rings (SSSR count). The van der Waals surface area contributed by atoms with Gasteiger partial charge in [0.2, 0.25) is 0 Å². The monoisotopic (exact) mass is 610 g/mol. The maximum absolute atomic E-state index is 13.5. The molecule has 3 N–H and O–H groups in total. The highest BCUT2D eigenvalue weighted by Crippen LogP contribution is 2.31. The number of benzene rings is 3. The van der Waals surface area contributed by atoms with E-state index < -0.39 is 11.8 Å². The van der Waals surface area contributed by atoms with E-state index in [-0.39, 0.29) is 10.9 Å². The Balaban J connectivity index is 1.29. The number of para-hydroxylation sites is 2. The topological polar surface area (TPSA) is 98.4 Å². The standard InChI is InChI=1S/C31H36ClFN6O4/c1-42-29-5-3-2-4-28(29)39-14-12-38(13-15-39)27-9-7-22(35-31(41)36-23-6-8-26(33)25(32)21-23)20-24(27)30(40)34-10-11-37-16-18-43-19-17-37/h2-9,20-21H,10-19H2,1H3,(H,34,40)(H2,35,36,41). The van der Waals surface area contributed by atoms with Gasteiger partial charge in [0.1, 0.15) is 11.6 Å². The van der Waals surface area contributed by atoms with E-state index >= 15 is 0 Å². The molecule has 0 unspecified atom stereocenters. The van der Waals surface area contributed by atoms with Crippen LogP contribution >= 0.6 is 11.6 Å². The molecule has 3 aromatic rings. The highest BCUT2D eigenvalue weighted by atomic mass is 35.5. The maximum atomic E-state index is 13.5. The van der Waals surface area contributed by atoms with Gasteiger partial charge in [0.25, 0.3) is 5.91 Å². The number of hydrogen-bond donors (Lipinski definition) is 3. The average Bonchev–Trinajstić information content (AvgIpc) is 3.03. The van der Waals surface area contributed by atoms with Crippen LogP contribution in [0.3, 0.4) is 0 Å². The maximum Gasteiger partial charge on any atom is 0.323 e. The van der Waals surface area contributed by atoms with Crippen molar-refractivity contribution in [3.63, 3.8) is 0 Å². The summed E-state index contributed by atoms with van der Waals surface area (Å²) in [6.45, 7) is 7.18. The van der Waals surface area contributed by atoms with Gasteiger partial charge >= 0.3 is 6.03 Å². The van der Waals surface area contributed by atoms with Gasteiger partial charge in [0.05, 0.1) is 36.6 Å². The first-order chi connectivity index (χ1) is 20.9. The van der Waals surface area contributed by atoms with Gasteiger partial charge in [-0.2, -0.15) is 0 Å². The number of carbonyl (C=O) groups is 2. The SMILES string of the molecule is COc1ccccc1N1CCN(c2ccc(NC(=O)Nc3ccc(F)c(Cl)c3)cc2C(=O)NCCN2CCOCC2)CC1. The minimum Gasteiger partial charge on any atom is -0.495 e. The molecule has 0 aromatic heterocycles. The smallest absolute Gasteiger partial charge is 0.323 e. The van der Waals surface area contributed by atoms with E-state index in [4.69, 9.17) is 21.1 Å². The number of piperazine rings is 1. The van der Waals surface area contributed by atoms with Gasteiger partial charge in [-0.05, 0) is 48.5 Å². The van der Waals surface area contributed by atoms with Crippen molar-refractivity contribution in [3.8, 4) is 5.75 Å². The minimum absolute atomic E-state index is 0.0935. The molecule has 2 saturated heterocycles. The van der Waals surface area contributed by atoms with Crippen molar-refractivity contribution in [2.24, 2.45) is 0 Å². The van der Waals surface area contributed by atoms with Gasteiger partial charge in [-0.15, -0.1) is 0 Å².